The lowest BCUT2D eigenvalue weighted by atomic mass is 9.97. The summed E-state index contributed by atoms with van der Waals surface area (Å²) in [5, 5.41) is 1.05. The average molecular weight is 396 g/mol. The number of rotatable bonds is 0. The van der Waals surface area contributed by atoms with Gasteiger partial charge in [-0.3, -0.25) is 14.4 Å². The molecule has 4 aromatic heterocycles. The van der Waals surface area contributed by atoms with E-state index in [9.17, 15) is 0 Å². The predicted molar refractivity (Wildman–Crippen MR) is 122 cm³/mol. The molecule has 6 aromatic rings. The molecule has 0 amide bonds. The fourth-order valence-corrected chi connectivity index (χ4v) is 5.68. The lowest BCUT2D eigenvalue weighted by Crippen LogP contribution is -1.99. The fraction of sp³-hybridized carbons (Fsp3) is 0.0741. The number of imidazole rings is 1. The number of aromatic nitrogens is 4. The van der Waals surface area contributed by atoms with E-state index in [0.717, 1.165) is 46.1 Å². The molecule has 4 heteroatoms. The van der Waals surface area contributed by atoms with E-state index in [-0.39, 0.29) is 0 Å². The minimum atomic E-state index is 0.894. The van der Waals surface area contributed by atoms with E-state index in [4.69, 9.17) is 9.97 Å². The summed E-state index contributed by atoms with van der Waals surface area (Å²) in [5.41, 5.74) is 14.6. The van der Waals surface area contributed by atoms with Gasteiger partial charge in [0.05, 0.1) is 22.4 Å². The molecule has 0 spiro atoms. The van der Waals surface area contributed by atoms with Gasteiger partial charge >= 0.3 is 0 Å². The Morgan fingerprint density at radius 3 is 2.45 bits per heavy atom. The van der Waals surface area contributed by atoms with Gasteiger partial charge in [0, 0.05) is 29.8 Å². The highest BCUT2D eigenvalue weighted by Crippen LogP contribution is 2.47. The standard InChI is InChI=1S/C27H16N4/c1-2-6-16-15(5-1)13-20-17(16)9-10-18-21(20)14-23-25(18)30-27-26-19(7-3-11-29-26)24-22(31(23)27)8-4-12-28-24/h1-12H,13-14H2. The molecular weight excluding hydrogens is 380 g/mol. The molecule has 2 aromatic carbocycles. The van der Waals surface area contributed by atoms with Crippen LogP contribution in [0.25, 0.3) is 50.0 Å². The summed E-state index contributed by atoms with van der Waals surface area (Å²) >= 11 is 0. The van der Waals surface area contributed by atoms with E-state index in [0.29, 0.717) is 0 Å². The molecule has 2 aliphatic rings. The van der Waals surface area contributed by atoms with E-state index in [1.54, 1.807) is 0 Å². The van der Waals surface area contributed by atoms with Crippen molar-refractivity contribution in [1.29, 1.82) is 0 Å². The van der Waals surface area contributed by atoms with Crippen LogP contribution in [0.5, 0.6) is 0 Å². The summed E-state index contributed by atoms with van der Waals surface area (Å²) in [4.78, 5) is 14.6. The Bertz CT molecular complexity index is 1740. The summed E-state index contributed by atoms with van der Waals surface area (Å²) < 4.78 is 2.29. The maximum absolute atomic E-state index is 5.16. The molecule has 31 heavy (non-hydrogen) atoms. The normalized spacial score (nSPS) is 13.5. The highest BCUT2D eigenvalue weighted by atomic mass is 15.1. The molecule has 0 unspecified atom stereocenters. The Morgan fingerprint density at radius 2 is 1.48 bits per heavy atom. The molecule has 0 saturated heterocycles. The third-order valence-corrected chi connectivity index (χ3v) is 6.98. The zero-order valence-corrected chi connectivity index (χ0v) is 16.6. The van der Waals surface area contributed by atoms with Crippen LogP contribution in [0.4, 0.5) is 0 Å². The van der Waals surface area contributed by atoms with Gasteiger partial charge in [0.2, 0.25) is 0 Å². The van der Waals surface area contributed by atoms with Gasteiger partial charge in [-0.05, 0) is 58.5 Å². The predicted octanol–water partition coefficient (Wildman–Crippen LogP) is 5.57. The van der Waals surface area contributed by atoms with Gasteiger partial charge in [0.1, 0.15) is 5.52 Å². The molecule has 0 atom stereocenters. The quantitative estimate of drug-likeness (QED) is 0.315. The SMILES string of the molecule is c1ccc2c(c1)Cc1c-2ccc2c1Cc1c-2nc2c3ncccc3c3ncccc3n12. The number of pyridine rings is 3. The number of fused-ring (bicyclic) bond motifs is 14. The molecule has 0 N–H and O–H groups in total. The first kappa shape index (κ1) is 15.7. The summed E-state index contributed by atoms with van der Waals surface area (Å²) in [6.07, 6.45) is 5.60. The van der Waals surface area contributed by atoms with Gasteiger partial charge in [-0.15, -0.1) is 0 Å². The third kappa shape index (κ3) is 1.84. The minimum Gasteiger partial charge on any atom is -0.292 e. The summed E-state index contributed by atoms with van der Waals surface area (Å²) in [7, 11) is 0. The molecule has 0 saturated carbocycles. The lowest BCUT2D eigenvalue weighted by Gasteiger charge is -2.10. The largest absolute Gasteiger partial charge is 0.292 e. The topological polar surface area (TPSA) is 43.1 Å². The third-order valence-electron chi connectivity index (χ3n) is 6.98. The van der Waals surface area contributed by atoms with Crippen LogP contribution >= 0.6 is 0 Å². The fourth-order valence-electron chi connectivity index (χ4n) is 5.68. The van der Waals surface area contributed by atoms with Crippen molar-refractivity contribution in [2.24, 2.45) is 0 Å². The maximum atomic E-state index is 5.16. The van der Waals surface area contributed by atoms with Crippen molar-refractivity contribution < 1.29 is 0 Å². The van der Waals surface area contributed by atoms with Crippen LogP contribution in [-0.2, 0) is 12.8 Å². The second-order valence-corrected chi connectivity index (χ2v) is 8.47. The van der Waals surface area contributed by atoms with E-state index in [1.807, 2.05) is 24.5 Å². The van der Waals surface area contributed by atoms with Gasteiger partial charge < -0.3 is 0 Å². The van der Waals surface area contributed by atoms with Gasteiger partial charge in [-0.1, -0.05) is 36.4 Å². The molecule has 144 valence electrons. The Labute approximate surface area is 177 Å². The van der Waals surface area contributed by atoms with E-state index in [2.05, 4.69) is 57.9 Å². The van der Waals surface area contributed by atoms with Gasteiger partial charge in [0.25, 0.3) is 0 Å². The Kier molecular flexibility index (Phi) is 2.72. The second kappa shape index (κ2) is 5.35. The van der Waals surface area contributed by atoms with Gasteiger partial charge in [-0.25, -0.2) is 4.98 Å². The first-order valence-electron chi connectivity index (χ1n) is 10.6. The zero-order valence-electron chi connectivity index (χ0n) is 16.6. The molecular formula is C27H16N4. The van der Waals surface area contributed by atoms with Crippen LogP contribution in [0.15, 0.2) is 73.1 Å². The molecule has 2 aliphatic carbocycles. The highest BCUT2D eigenvalue weighted by molar-refractivity contribution is 6.08. The van der Waals surface area contributed by atoms with Gasteiger partial charge in [0.15, 0.2) is 5.65 Å². The van der Waals surface area contributed by atoms with Crippen LogP contribution in [-0.4, -0.2) is 19.4 Å². The van der Waals surface area contributed by atoms with Crippen LogP contribution in [0.2, 0.25) is 0 Å². The van der Waals surface area contributed by atoms with E-state index < -0.39 is 0 Å². The van der Waals surface area contributed by atoms with Crippen molar-refractivity contribution in [3.63, 3.8) is 0 Å². The molecule has 4 heterocycles. The van der Waals surface area contributed by atoms with Crippen molar-refractivity contribution >= 4 is 27.6 Å². The molecule has 0 radical (unpaired) electrons. The highest BCUT2D eigenvalue weighted by Gasteiger charge is 2.31. The van der Waals surface area contributed by atoms with Crippen molar-refractivity contribution in [3.05, 3.63) is 95.4 Å². The summed E-state index contributed by atoms with van der Waals surface area (Å²) in [6.45, 7) is 0. The van der Waals surface area contributed by atoms with Crippen LogP contribution < -0.4 is 0 Å². The molecule has 0 fully saturated rings. The van der Waals surface area contributed by atoms with Gasteiger partial charge in [-0.2, -0.15) is 0 Å². The number of benzene rings is 2. The number of nitrogens with zero attached hydrogens (tertiary/aromatic N) is 4. The van der Waals surface area contributed by atoms with Crippen molar-refractivity contribution in [2.75, 3.05) is 0 Å². The smallest absolute Gasteiger partial charge is 0.164 e. The van der Waals surface area contributed by atoms with E-state index in [1.165, 1.54) is 39.1 Å². The van der Waals surface area contributed by atoms with Crippen LogP contribution in [0, 0.1) is 0 Å². The maximum Gasteiger partial charge on any atom is 0.164 e. The zero-order chi connectivity index (χ0) is 20.1. The molecule has 0 aliphatic heterocycles. The molecule has 4 nitrogen and oxygen atoms in total. The first-order valence-corrected chi connectivity index (χ1v) is 10.6. The Balaban J connectivity index is 1.47. The van der Waals surface area contributed by atoms with Crippen molar-refractivity contribution in [1.82, 2.24) is 19.4 Å². The first-order chi connectivity index (χ1) is 15.4. The van der Waals surface area contributed by atoms with Crippen molar-refractivity contribution in [2.45, 2.75) is 12.8 Å². The van der Waals surface area contributed by atoms with Crippen LogP contribution in [0.1, 0.15) is 22.4 Å². The molecule has 0 bridgehead atoms. The summed E-state index contributed by atoms with van der Waals surface area (Å²) in [5.74, 6) is 0. The Hall–Kier alpha value is -4.05. The van der Waals surface area contributed by atoms with E-state index >= 15 is 0 Å². The monoisotopic (exact) mass is 396 g/mol. The van der Waals surface area contributed by atoms with Crippen LogP contribution in [0.3, 0.4) is 0 Å². The lowest BCUT2D eigenvalue weighted by molar-refractivity contribution is 1.07. The second-order valence-electron chi connectivity index (χ2n) is 8.47. The van der Waals surface area contributed by atoms with Crippen molar-refractivity contribution in [3.8, 4) is 22.4 Å². The number of hydrogen-bond donors (Lipinski definition) is 0. The average Bonchev–Trinajstić information content (AvgIpc) is 3.49. The number of hydrogen-bond acceptors (Lipinski definition) is 3. The minimum absolute atomic E-state index is 0.894. The molecule has 8 rings (SSSR count). The summed E-state index contributed by atoms with van der Waals surface area (Å²) in [6, 6.07) is 21.5. The Morgan fingerprint density at radius 1 is 0.677 bits per heavy atom.